The molecule has 2 aromatic carbocycles. The highest BCUT2D eigenvalue weighted by Gasteiger charge is 2.44. The van der Waals surface area contributed by atoms with Crippen molar-refractivity contribution in [2.45, 2.75) is 17.8 Å². The van der Waals surface area contributed by atoms with Crippen LogP contribution in [0.3, 0.4) is 0 Å². The van der Waals surface area contributed by atoms with Crippen molar-refractivity contribution in [1.29, 1.82) is 0 Å². The normalized spacial score (nSPS) is 23.5. The highest BCUT2D eigenvalue weighted by Crippen LogP contribution is 2.37. The minimum Gasteiger partial charge on any atom is -0.317 e. The van der Waals surface area contributed by atoms with Crippen LogP contribution in [0.5, 0.6) is 0 Å². The van der Waals surface area contributed by atoms with Crippen molar-refractivity contribution in [2.24, 2.45) is 4.99 Å². The van der Waals surface area contributed by atoms with E-state index in [-0.39, 0.29) is 28.6 Å². The molecule has 0 N–H and O–H groups in total. The van der Waals surface area contributed by atoms with E-state index in [0.717, 1.165) is 16.4 Å². The molecule has 4 rings (SSSR count). The largest absolute Gasteiger partial charge is 0.317 e. The van der Waals surface area contributed by atoms with Crippen LogP contribution in [0.25, 0.3) is 0 Å². The van der Waals surface area contributed by atoms with Gasteiger partial charge in [-0.3, -0.25) is 4.99 Å². The smallest absolute Gasteiger partial charge is 0.164 e. The highest BCUT2D eigenvalue weighted by atomic mass is 35.5. The molecule has 0 aromatic heterocycles. The maximum atomic E-state index is 13.3. The van der Waals surface area contributed by atoms with Gasteiger partial charge in [-0.05, 0) is 42.0 Å². The van der Waals surface area contributed by atoms with E-state index in [9.17, 15) is 12.8 Å². The summed E-state index contributed by atoms with van der Waals surface area (Å²) in [5.41, 5.74) is 1.80. The fraction of sp³-hybridized carbons (Fsp3) is 0.278. The van der Waals surface area contributed by atoms with Crippen LogP contribution < -0.4 is 4.90 Å². The topological polar surface area (TPSA) is 49.7 Å². The Morgan fingerprint density at radius 1 is 1.19 bits per heavy atom. The number of rotatable bonds is 3. The van der Waals surface area contributed by atoms with Gasteiger partial charge < -0.3 is 4.90 Å². The Hall–Kier alpha value is -1.57. The molecule has 26 heavy (non-hydrogen) atoms. The van der Waals surface area contributed by atoms with Gasteiger partial charge in [-0.1, -0.05) is 35.5 Å². The van der Waals surface area contributed by atoms with Gasteiger partial charge in [-0.2, -0.15) is 0 Å². The third-order valence-electron chi connectivity index (χ3n) is 4.40. The van der Waals surface area contributed by atoms with Crippen LogP contribution >= 0.6 is 23.4 Å². The quantitative estimate of drug-likeness (QED) is 0.773. The Kier molecular flexibility index (Phi) is 4.71. The maximum Gasteiger partial charge on any atom is 0.164 e. The van der Waals surface area contributed by atoms with Gasteiger partial charge in [0.2, 0.25) is 0 Å². The molecule has 0 bridgehead atoms. The van der Waals surface area contributed by atoms with Crippen molar-refractivity contribution in [1.82, 2.24) is 0 Å². The summed E-state index contributed by atoms with van der Waals surface area (Å²) in [6.45, 7) is 0.518. The van der Waals surface area contributed by atoms with Crippen LogP contribution in [0.1, 0.15) is 5.56 Å². The van der Waals surface area contributed by atoms with Crippen LogP contribution in [-0.4, -0.2) is 36.4 Å². The lowest BCUT2D eigenvalue weighted by atomic mass is 10.2. The number of nitrogens with zero attached hydrogens (tertiary/aromatic N) is 2. The van der Waals surface area contributed by atoms with Gasteiger partial charge in [0.05, 0.1) is 24.1 Å². The van der Waals surface area contributed by atoms with E-state index in [2.05, 4.69) is 4.99 Å². The first-order chi connectivity index (χ1) is 12.4. The molecule has 0 spiro atoms. The van der Waals surface area contributed by atoms with E-state index < -0.39 is 9.84 Å². The van der Waals surface area contributed by atoms with Crippen LogP contribution in [0.15, 0.2) is 53.5 Å². The second-order valence-corrected chi connectivity index (χ2v) is 10.2. The number of fused-ring (bicyclic) bond motifs is 1. The number of hydrogen-bond acceptors (Lipinski definition) is 5. The molecule has 1 saturated heterocycles. The monoisotopic (exact) mass is 410 g/mol. The molecular formula is C18H16ClFN2O2S2. The number of hydrogen-bond donors (Lipinski definition) is 0. The molecule has 0 aliphatic carbocycles. The first kappa shape index (κ1) is 17.8. The third kappa shape index (κ3) is 3.75. The predicted octanol–water partition coefficient (Wildman–Crippen LogP) is 3.75. The number of amidine groups is 1. The lowest BCUT2D eigenvalue weighted by Crippen LogP contribution is -2.28. The Morgan fingerprint density at radius 2 is 1.96 bits per heavy atom. The SMILES string of the molecule is O=S1(=O)C[C@H]2N=C(N(Cc3cccc(Cl)c3)c3ccc(F)cc3)S[C@@H]2C1. The molecule has 0 unspecified atom stereocenters. The molecule has 0 saturated carbocycles. The van der Waals surface area contributed by atoms with Crippen molar-refractivity contribution in [3.63, 3.8) is 0 Å². The van der Waals surface area contributed by atoms with Gasteiger partial charge in [-0.15, -0.1) is 0 Å². The summed E-state index contributed by atoms with van der Waals surface area (Å²) >= 11 is 7.58. The molecule has 2 aromatic rings. The van der Waals surface area contributed by atoms with Crippen LogP contribution in [0, 0.1) is 5.82 Å². The van der Waals surface area contributed by atoms with Crippen molar-refractivity contribution in [3.8, 4) is 0 Å². The molecule has 0 amide bonds. The van der Waals surface area contributed by atoms with E-state index >= 15 is 0 Å². The fourth-order valence-electron chi connectivity index (χ4n) is 3.18. The number of aliphatic imine (C=N–C) groups is 1. The standard InChI is InChI=1S/C18H16ClFN2O2S2/c19-13-3-1-2-12(8-13)9-22(15-6-4-14(20)5-7-15)18-21-16-10-26(23,24)11-17(16)25-18/h1-8,16-17H,9-11H2/t16-,17-/m1/s1. The number of halogens is 2. The van der Waals surface area contributed by atoms with Crippen LogP contribution in [0.2, 0.25) is 5.02 Å². The zero-order valence-corrected chi connectivity index (χ0v) is 16.1. The van der Waals surface area contributed by atoms with Gasteiger partial charge in [0, 0.05) is 16.0 Å². The number of benzene rings is 2. The summed E-state index contributed by atoms with van der Waals surface area (Å²) in [4.78, 5) is 6.65. The molecule has 4 nitrogen and oxygen atoms in total. The van der Waals surface area contributed by atoms with Gasteiger partial charge in [0.25, 0.3) is 0 Å². The van der Waals surface area contributed by atoms with E-state index in [1.54, 1.807) is 12.1 Å². The fourth-order valence-corrected chi connectivity index (χ4v) is 7.17. The molecule has 2 aliphatic rings. The number of thioether (sulfide) groups is 1. The zero-order chi connectivity index (χ0) is 18.3. The molecule has 136 valence electrons. The van der Waals surface area contributed by atoms with Crippen LogP contribution in [-0.2, 0) is 16.4 Å². The Bertz CT molecular complexity index is 963. The molecule has 2 heterocycles. The van der Waals surface area contributed by atoms with Crippen molar-refractivity contribution in [3.05, 3.63) is 64.9 Å². The second-order valence-electron chi connectivity index (χ2n) is 6.40. The average Bonchev–Trinajstić information content (AvgIpc) is 3.07. The maximum absolute atomic E-state index is 13.3. The summed E-state index contributed by atoms with van der Waals surface area (Å²) in [5, 5.41) is 1.37. The summed E-state index contributed by atoms with van der Waals surface area (Å²) in [5.74, 6) is -0.0489. The first-order valence-corrected chi connectivity index (χ1v) is 11.2. The minimum absolute atomic E-state index is 0.0442. The van der Waals surface area contributed by atoms with Crippen LogP contribution in [0.4, 0.5) is 10.1 Å². The average molecular weight is 411 g/mol. The Morgan fingerprint density at radius 3 is 2.65 bits per heavy atom. The van der Waals surface area contributed by atoms with E-state index in [0.29, 0.717) is 11.6 Å². The van der Waals surface area contributed by atoms with Crippen molar-refractivity contribution >= 4 is 44.1 Å². The highest BCUT2D eigenvalue weighted by molar-refractivity contribution is 8.15. The predicted molar refractivity (Wildman–Crippen MR) is 105 cm³/mol. The van der Waals surface area contributed by atoms with Crippen molar-refractivity contribution < 1.29 is 12.8 Å². The summed E-state index contributed by atoms with van der Waals surface area (Å²) in [6, 6.07) is 13.6. The first-order valence-electron chi connectivity index (χ1n) is 8.12. The van der Waals surface area contributed by atoms with Gasteiger partial charge >= 0.3 is 0 Å². The molecule has 2 aliphatic heterocycles. The number of sulfone groups is 1. The zero-order valence-electron chi connectivity index (χ0n) is 13.7. The van der Waals surface area contributed by atoms with Crippen molar-refractivity contribution in [2.75, 3.05) is 16.4 Å². The second kappa shape index (κ2) is 6.87. The lowest BCUT2D eigenvalue weighted by Gasteiger charge is -2.25. The minimum atomic E-state index is -3.00. The van der Waals surface area contributed by atoms with Gasteiger partial charge in [0.15, 0.2) is 15.0 Å². The van der Waals surface area contributed by atoms with Gasteiger partial charge in [0.1, 0.15) is 5.82 Å². The Labute approximate surface area is 161 Å². The number of anilines is 1. The molecular weight excluding hydrogens is 395 g/mol. The summed E-state index contributed by atoms with van der Waals surface area (Å²) in [7, 11) is -3.00. The van der Waals surface area contributed by atoms with E-state index in [1.807, 2.05) is 29.2 Å². The third-order valence-corrected chi connectivity index (χ3v) is 7.89. The molecule has 0 radical (unpaired) electrons. The lowest BCUT2D eigenvalue weighted by molar-refractivity contribution is 0.601. The summed E-state index contributed by atoms with van der Waals surface area (Å²) in [6.07, 6.45) is 0. The van der Waals surface area contributed by atoms with Gasteiger partial charge in [-0.25, -0.2) is 12.8 Å². The van der Waals surface area contributed by atoms with E-state index in [4.69, 9.17) is 11.6 Å². The molecule has 8 heteroatoms. The summed E-state index contributed by atoms with van der Waals surface area (Å²) < 4.78 is 37.0. The Balaban J connectivity index is 1.66. The van der Waals surface area contributed by atoms with E-state index in [1.165, 1.54) is 23.9 Å². The molecule has 1 fully saturated rings. The molecule has 2 atom stereocenters.